The number of benzene rings is 1. The number of aryl methyl sites for hydroxylation is 1. The van der Waals surface area contributed by atoms with Gasteiger partial charge < -0.3 is 10.6 Å². The van der Waals surface area contributed by atoms with Crippen LogP contribution in [0.5, 0.6) is 0 Å². The van der Waals surface area contributed by atoms with E-state index in [4.69, 9.17) is 15.1 Å². The number of pyridine rings is 1. The zero-order valence-electron chi connectivity index (χ0n) is 16.1. The summed E-state index contributed by atoms with van der Waals surface area (Å²) in [6.07, 6.45) is 6.27. The monoisotopic (exact) mass is 387 g/mol. The van der Waals surface area contributed by atoms with Crippen molar-refractivity contribution in [3.05, 3.63) is 48.3 Å². The van der Waals surface area contributed by atoms with Gasteiger partial charge in [-0.25, -0.2) is 9.97 Å². The molecule has 2 N–H and O–H groups in total. The molecule has 0 unspecified atom stereocenters. The standard InChI is InChI=1S/C21H21N7O/c1-13-10-14(12-22-11-13)18-26-19-15-6-2-3-7-16(15)24-21(28(19)27-18)25-17-8-4-5-9-23-20(17)29/h2-3,6-7,10-12,17H,4-5,8-9H2,1H3,(H,23,29)(H,24,25)/t17-/m1/s1. The molecule has 0 bridgehead atoms. The maximum atomic E-state index is 12.4. The largest absolute Gasteiger partial charge is 0.354 e. The predicted molar refractivity (Wildman–Crippen MR) is 111 cm³/mol. The van der Waals surface area contributed by atoms with Crippen LogP contribution < -0.4 is 10.6 Å². The van der Waals surface area contributed by atoms with E-state index in [0.29, 0.717) is 24.0 Å². The number of rotatable bonds is 3. The van der Waals surface area contributed by atoms with Crippen molar-refractivity contribution in [2.75, 3.05) is 11.9 Å². The maximum Gasteiger partial charge on any atom is 0.242 e. The van der Waals surface area contributed by atoms with Gasteiger partial charge in [-0.2, -0.15) is 4.52 Å². The van der Waals surface area contributed by atoms with Crippen LogP contribution in [-0.2, 0) is 4.79 Å². The van der Waals surface area contributed by atoms with Gasteiger partial charge in [0.05, 0.1) is 5.52 Å². The van der Waals surface area contributed by atoms with Gasteiger partial charge in [-0.3, -0.25) is 9.78 Å². The molecule has 1 aromatic carbocycles. The van der Waals surface area contributed by atoms with E-state index in [1.807, 2.05) is 37.3 Å². The van der Waals surface area contributed by atoms with Gasteiger partial charge in [0.15, 0.2) is 11.5 Å². The molecule has 146 valence electrons. The normalized spacial score (nSPS) is 17.3. The zero-order chi connectivity index (χ0) is 19.8. The van der Waals surface area contributed by atoms with Crippen molar-refractivity contribution in [2.45, 2.75) is 32.2 Å². The Bertz CT molecular complexity index is 1220. The summed E-state index contributed by atoms with van der Waals surface area (Å²) in [5.74, 6) is 1.08. The lowest BCUT2D eigenvalue weighted by Gasteiger charge is -2.16. The van der Waals surface area contributed by atoms with Crippen LogP contribution in [0.25, 0.3) is 27.9 Å². The van der Waals surface area contributed by atoms with Crippen LogP contribution in [0.3, 0.4) is 0 Å². The summed E-state index contributed by atoms with van der Waals surface area (Å²) in [6, 6.07) is 9.48. The first-order valence-electron chi connectivity index (χ1n) is 9.81. The molecule has 4 heterocycles. The first kappa shape index (κ1) is 17.5. The van der Waals surface area contributed by atoms with Crippen LogP contribution in [0.4, 0.5) is 5.95 Å². The minimum atomic E-state index is -0.345. The van der Waals surface area contributed by atoms with E-state index in [0.717, 1.165) is 41.3 Å². The molecule has 1 aliphatic heterocycles. The van der Waals surface area contributed by atoms with E-state index < -0.39 is 0 Å². The number of carbonyl (C=O) groups excluding carboxylic acids is 1. The smallest absolute Gasteiger partial charge is 0.242 e. The van der Waals surface area contributed by atoms with Gasteiger partial charge in [0, 0.05) is 29.9 Å². The van der Waals surface area contributed by atoms with Crippen molar-refractivity contribution in [3.63, 3.8) is 0 Å². The van der Waals surface area contributed by atoms with Crippen molar-refractivity contribution >= 4 is 28.4 Å². The van der Waals surface area contributed by atoms with E-state index in [2.05, 4.69) is 15.6 Å². The molecule has 0 radical (unpaired) electrons. The molecule has 1 amide bonds. The molecular weight excluding hydrogens is 366 g/mol. The fourth-order valence-corrected chi connectivity index (χ4v) is 3.68. The van der Waals surface area contributed by atoms with Gasteiger partial charge in [0.25, 0.3) is 0 Å². The minimum absolute atomic E-state index is 0.00571. The fourth-order valence-electron chi connectivity index (χ4n) is 3.68. The second-order valence-corrected chi connectivity index (χ2v) is 7.36. The predicted octanol–water partition coefficient (Wildman–Crippen LogP) is 2.73. The first-order chi connectivity index (χ1) is 14.2. The van der Waals surface area contributed by atoms with Crippen molar-refractivity contribution in [1.82, 2.24) is 29.9 Å². The summed E-state index contributed by atoms with van der Waals surface area (Å²) < 4.78 is 1.69. The van der Waals surface area contributed by atoms with Gasteiger partial charge in [-0.1, -0.05) is 12.1 Å². The van der Waals surface area contributed by atoms with Gasteiger partial charge in [0.1, 0.15) is 6.04 Å². The number of nitrogens with zero attached hydrogens (tertiary/aromatic N) is 5. The summed E-state index contributed by atoms with van der Waals surface area (Å²) in [7, 11) is 0. The Morgan fingerprint density at radius 3 is 2.97 bits per heavy atom. The fraction of sp³-hybridized carbons (Fsp3) is 0.286. The molecule has 1 saturated heterocycles. The Hall–Kier alpha value is -3.55. The SMILES string of the molecule is Cc1cncc(-c2nc3c4ccccc4nc(N[C@@H]4CCCCNC4=O)n3n2)c1. The average Bonchev–Trinajstić information content (AvgIpc) is 3.09. The van der Waals surface area contributed by atoms with E-state index >= 15 is 0 Å². The zero-order valence-corrected chi connectivity index (χ0v) is 16.1. The molecule has 0 aliphatic carbocycles. The summed E-state index contributed by atoms with van der Waals surface area (Å²) in [4.78, 5) is 26.2. The van der Waals surface area contributed by atoms with Gasteiger partial charge in [-0.05, 0) is 49.9 Å². The van der Waals surface area contributed by atoms with Crippen LogP contribution >= 0.6 is 0 Å². The number of fused-ring (bicyclic) bond motifs is 3. The number of para-hydroxylation sites is 1. The number of amides is 1. The highest BCUT2D eigenvalue weighted by atomic mass is 16.2. The minimum Gasteiger partial charge on any atom is -0.354 e. The topological polar surface area (TPSA) is 97.1 Å². The van der Waals surface area contributed by atoms with Gasteiger partial charge in [-0.15, -0.1) is 5.10 Å². The van der Waals surface area contributed by atoms with Crippen molar-refractivity contribution in [1.29, 1.82) is 0 Å². The van der Waals surface area contributed by atoms with Crippen LogP contribution in [0.15, 0.2) is 42.7 Å². The Morgan fingerprint density at radius 1 is 1.17 bits per heavy atom. The second kappa shape index (κ2) is 7.12. The second-order valence-electron chi connectivity index (χ2n) is 7.36. The number of carbonyl (C=O) groups is 1. The number of hydrogen-bond donors (Lipinski definition) is 2. The molecule has 0 saturated carbocycles. The third kappa shape index (κ3) is 3.26. The Kier molecular flexibility index (Phi) is 4.31. The quantitative estimate of drug-likeness (QED) is 0.561. The van der Waals surface area contributed by atoms with Crippen LogP contribution in [0.2, 0.25) is 0 Å². The van der Waals surface area contributed by atoms with Crippen LogP contribution in [-0.4, -0.2) is 43.1 Å². The summed E-state index contributed by atoms with van der Waals surface area (Å²) in [6.45, 7) is 2.70. The lowest BCUT2D eigenvalue weighted by Crippen LogP contribution is -2.38. The molecule has 8 nitrogen and oxygen atoms in total. The third-order valence-corrected chi connectivity index (χ3v) is 5.15. The molecule has 1 atom stereocenters. The summed E-state index contributed by atoms with van der Waals surface area (Å²) >= 11 is 0. The molecule has 1 fully saturated rings. The average molecular weight is 387 g/mol. The highest BCUT2D eigenvalue weighted by Gasteiger charge is 2.23. The van der Waals surface area contributed by atoms with Crippen LogP contribution in [0.1, 0.15) is 24.8 Å². The van der Waals surface area contributed by atoms with Crippen molar-refractivity contribution in [2.24, 2.45) is 0 Å². The molecule has 1 aliphatic rings. The number of hydrogen-bond acceptors (Lipinski definition) is 6. The van der Waals surface area contributed by atoms with Crippen molar-refractivity contribution < 1.29 is 4.79 Å². The van der Waals surface area contributed by atoms with E-state index in [1.54, 1.807) is 16.9 Å². The molecule has 4 aromatic rings. The summed E-state index contributed by atoms with van der Waals surface area (Å²) in [5, 5.41) is 11.9. The number of nitrogens with one attached hydrogen (secondary N) is 2. The van der Waals surface area contributed by atoms with Crippen LogP contribution in [0, 0.1) is 6.92 Å². The first-order valence-corrected chi connectivity index (χ1v) is 9.81. The Balaban J connectivity index is 1.66. The van der Waals surface area contributed by atoms with Crippen molar-refractivity contribution in [3.8, 4) is 11.4 Å². The molecule has 5 rings (SSSR count). The van der Waals surface area contributed by atoms with E-state index in [-0.39, 0.29) is 11.9 Å². The highest BCUT2D eigenvalue weighted by molar-refractivity contribution is 5.93. The van der Waals surface area contributed by atoms with E-state index in [9.17, 15) is 4.79 Å². The van der Waals surface area contributed by atoms with E-state index in [1.165, 1.54) is 0 Å². The van der Waals surface area contributed by atoms with Gasteiger partial charge >= 0.3 is 0 Å². The highest BCUT2D eigenvalue weighted by Crippen LogP contribution is 2.25. The Morgan fingerprint density at radius 2 is 2.07 bits per heavy atom. The third-order valence-electron chi connectivity index (χ3n) is 5.15. The maximum absolute atomic E-state index is 12.4. The Labute approximate surface area is 167 Å². The lowest BCUT2D eigenvalue weighted by molar-refractivity contribution is -0.121. The molecule has 29 heavy (non-hydrogen) atoms. The van der Waals surface area contributed by atoms with Gasteiger partial charge in [0.2, 0.25) is 11.9 Å². The molecule has 3 aromatic heterocycles. The number of anilines is 1. The number of aromatic nitrogens is 5. The summed E-state index contributed by atoms with van der Waals surface area (Å²) in [5.41, 5.74) is 3.38. The molecule has 8 heteroatoms. The molecule has 0 spiro atoms. The lowest BCUT2D eigenvalue weighted by atomic mass is 10.1. The molecular formula is C21H21N7O.